The summed E-state index contributed by atoms with van der Waals surface area (Å²) in [5.74, 6) is 2.37. The predicted molar refractivity (Wildman–Crippen MR) is 55.0 cm³/mol. The number of aryl methyl sites for hydroxylation is 1. The molecule has 2 aromatic rings. The van der Waals surface area contributed by atoms with E-state index in [2.05, 4.69) is 15.5 Å². The van der Waals surface area contributed by atoms with E-state index in [1.165, 1.54) is 11.8 Å². The SMILES string of the molecule is Cn1nnnc1SCc1ccc(CN)o1. The molecule has 0 aliphatic carbocycles. The van der Waals surface area contributed by atoms with Crippen LogP contribution in [0.3, 0.4) is 0 Å². The molecule has 0 spiro atoms. The maximum Gasteiger partial charge on any atom is 0.209 e. The van der Waals surface area contributed by atoms with Crippen molar-refractivity contribution < 1.29 is 4.42 Å². The van der Waals surface area contributed by atoms with Crippen LogP contribution in [0, 0.1) is 0 Å². The molecule has 0 unspecified atom stereocenters. The summed E-state index contributed by atoms with van der Waals surface area (Å²) in [5.41, 5.74) is 5.44. The average molecular weight is 225 g/mol. The Balaban J connectivity index is 1.96. The Kier molecular flexibility index (Phi) is 3.02. The first-order valence-corrected chi connectivity index (χ1v) is 5.41. The highest BCUT2D eigenvalue weighted by atomic mass is 32.2. The molecule has 0 aromatic carbocycles. The number of nitrogens with two attached hydrogens (primary N) is 1. The Bertz CT molecular complexity index is 438. The van der Waals surface area contributed by atoms with Crippen molar-refractivity contribution in [3.63, 3.8) is 0 Å². The van der Waals surface area contributed by atoms with E-state index in [0.29, 0.717) is 12.3 Å². The molecule has 0 atom stereocenters. The van der Waals surface area contributed by atoms with Gasteiger partial charge in [0.15, 0.2) is 0 Å². The number of furan rings is 1. The summed E-state index contributed by atoms with van der Waals surface area (Å²) in [7, 11) is 1.80. The molecule has 0 saturated carbocycles. The molecule has 6 nitrogen and oxygen atoms in total. The van der Waals surface area contributed by atoms with Crippen molar-refractivity contribution in [2.45, 2.75) is 17.5 Å². The van der Waals surface area contributed by atoms with E-state index in [1.54, 1.807) is 11.7 Å². The number of thioether (sulfide) groups is 1. The van der Waals surface area contributed by atoms with Crippen LogP contribution >= 0.6 is 11.8 Å². The topological polar surface area (TPSA) is 82.8 Å². The van der Waals surface area contributed by atoms with E-state index in [1.807, 2.05) is 12.1 Å². The number of rotatable bonds is 4. The van der Waals surface area contributed by atoms with E-state index in [0.717, 1.165) is 16.7 Å². The van der Waals surface area contributed by atoms with Gasteiger partial charge in [-0.15, -0.1) is 5.10 Å². The minimum absolute atomic E-state index is 0.427. The van der Waals surface area contributed by atoms with Crippen LogP contribution in [0.25, 0.3) is 0 Å². The lowest BCUT2D eigenvalue weighted by molar-refractivity contribution is 0.482. The molecule has 0 amide bonds. The molecule has 0 saturated heterocycles. The van der Waals surface area contributed by atoms with E-state index < -0.39 is 0 Å². The molecule has 2 N–H and O–H groups in total. The third kappa shape index (κ3) is 2.37. The summed E-state index contributed by atoms with van der Waals surface area (Å²) < 4.78 is 7.07. The first-order valence-electron chi connectivity index (χ1n) is 4.42. The van der Waals surface area contributed by atoms with Crippen molar-refractivity contribution in [1.29, 1.82) is 0 Å². The van der Waals surface area contributed by atoms with E-state index in [-0.39, 0.29) is 0 Å². The molecule has 0 aliphatic heterocycles. The van der Waals surface area contributed by atoms with Crippen molar-refractivity contribution >= 4 is 11.8 Å². The average Bonchev–Trinajstić information content (AvgIpc) is 2.84. The normalized spacial score (nSPS) is 10.8. The quantitative estimate of drug-likeness (QED) is 0.765. The van der Waals surface area contributed by atoms with Gasteiger partial charge in [0.25, 0.3) is 0 Å². The Morgan fingerprint density at radius 3 is 2.87 bits per heavy atom. The van der Waals surface area contributed by atoms with Crippen LogP contribution in [-0.2, 0) is 19.3 Å². The number of aromatic nitrogens is 4. The Morgan fingerprint density at radius 2 is 2.27 bits per heavy atom. The summed E-state index contributed by atoms with van der Waals surface area (Å²) >= 11 is 1.52. The summed E-state index contributed by atoms with van der Waals surface area (Å²) in [6.45, 7) is 0.427. The highest BCUT2D eigenvalue weighted by Gasteiger charge is 2.05. The van der Waals surface area contributed by atoms with Gasteiger partial charge in [0, 0.05) is 7.05 Å². The van der Waals surface area contributed by atoms with E-state index in [9.17, 15) is 0 Å². The Hall–Kier alpha value is -1.34. The first kappa shape index (κ1) is 10.2. The molecule has 0 fully saturated rings. The third-order valence-electron chi connectivity index (χ3n) is 1.84. The molecule has 15 heavy (non-hydrogen) atoms. The molecule has 80 valence electrons. The molecular weight excluding hydrogens is 214 g/mol. The van der Waals surface area contributed by atoms with Crippen LogP contribution in [-0.4, -0.2) is 20.2 Å². The highest BCUT2D eigenvalue weighted by molar-refractivity contribution is 7.98. The Morgan fingerprint density at radius 1 is 1.47 bits per heavy atom. The highest BCUT2D eigenvalue weighted by Crippen LogP contribution is 2.20. The van der Waals surface area contributed by atoms with Crippen LogP contribution in [0.4, 0.5) is 0 Å². The summed E-state index contributed by atoms with van der Waals surface area (Å²) in [6, 6.07) is 3.80. The van der Waals surface area contributed by atoms with Gasteiger partial charge in [-0.2, -0.15) is 0 Å². The largest absolute Gasteiger partial charge is 0.464 e. The zero-order valence-electron chi connectivity index (χ0n) is 8.25. The maximum absolute atomic E-state index is 5.45. The number of hydrogen-bond donors (Lipinski definition) is 1. The number of hydrogen-bond acceptors (Lipinski definition) is 6. The van der Waals surface area contributed by atoms with Crippen LogP contribution in [0.5, 0.6) is 0 Å². The summed E-state index contributed by atoms with van der Waals surface area (Å²) in [4.78, 5) is 0. The molecule has 2 rings (SSSR count). The van der Waals surface area contributed by atoms with Gasteiger partial charge in [0.1, 0.15) is 11.5 Å². The van der Waals surface area contributed by atoms with Gasteiger partial charge in [-0.25, -0.2) is 4.68 Å². The molecule has 0 aliphatic rings. The fourth-order valence-electron chi connectivity index (χ4n) is 1.09. The second-order valence-corrected chi connectivity index (χ2v) is 3.89. The number of tetrazole rings is 1. The zero-order valence-corrected chi connectivity index (χ0v) is 9.07. The van der Waals surface area contributed by atoms with Crippen molar-refractivity contribution in [3.05, 3.63) is 23.7 Å². The summed E-state index contributed by atoms with van der Waals surface area (Å²) in [6.07, 6.45) is 0. The predicted octanol–water partition coefficient (Wildman–Crippen LogP) is 0.554. The zero-order chi connectivity index (χ0) is 10.7. The molecule has 2 aromatic heterocycles. The second kappa shape index (κ2) is 4.45. The minimum Gasteiger partial charge on any atom is -0.464 e. The van der Waals surface area contributed by atoms with Gasteiger partial charge in [0.2, 0.25) is 5.16 Å². The van der Waals surface area contributed by atoms with Crippen LogP contribution < -0.4 is 5.73 Å². The van der Waals surface area contributed by atoms with Crippen LogP contribution in [0.2, 0.25) is 0 Å². The van der Waals surface area contributed by atoms with Crippen molar-refractivity contribution in [1.82, 2.24) is 20.2 Å². The standard InChI is InChI=1S/C8H11N5OS/c1-13-8(10-11-12-13)15-5-7-3-2-6(4-9)14-7/h2-3H,4-5,9H2,1H3. The maximum atomic E-state index is 5.45. The molecule has 0 bridgehead atoms. The lowest BCUT2D eigenvalue weighted by Gasteiger charge is -1.96. The third-order valence-corrected chi connectivity index (χ3v) is 2.88. The van der Waals surface area contributed by atoms with Gasteiger partial charge in [-0.05, 0) is 22.6 Å². The molecule has 0 radical (unpaired) electrons. The summed E-state index contributed by atoms with van der Waals surface area (Å²) in [5, 5.41) is 11.9. The Labute approximate surface area is 90.8 Å². The number of nitrogens with zero attached hydrogens (tertiary/aromatic N) is 4. The molecule has 2 heterocycles. The van der Waals surface area contributed by atoms with E-state index in [4.69, 9.17) is 10.2 Å². The van der Waals surface area contributed by atoms with Crippen molar-refractivity contribution in [3.8, 4) is 0 Å². The fourth-order valence-corrected chi connectivity index (χ4v) is 1.83. The van der Waals surface area contributed by atoms with Crippen LogP contribution in [0.1, 0.15) is 11.5 Å². The van der Waals surface area contributed by atoms with E-state index >= 15 is 0 Å². The van der Waals surface area contributed by atoms with Crippen molar-refractivity contribution in [2.24, 2.45) is 12.8 Å². The van der Waals surface area contributed by atoms with Gasteiger partial charge in [-0.3, -0.25) is 0 Å². The second-order valence-electron chi connectivity index (χ2n) is 2.95. The minimum atomic E-state index is 0.427. The van der Waals surface area contributed by atoms with Crippen LogP contribution in [0.15, 0.2) is 21.7 Å². The monoisotopic (exact) mass is 225 g/mol. The first-order chi connectivity index (χ1) is 7.29. The van der Waals surface area contributed by atoms with Gasteiger partial charge >= 0.3 is 0 Å². The van der Waals surface area contributed by atoms with Gasteiger partial charge in [0.05, 0.1) is 12.3 Å². The smallest absolute Gasteiger partial charge is 0.209 e. The van der Waals surface area contributed by atoms with Crippen molar-refractivity contribution in [2.75, 3.05) is 0 Å². The molecular formula is C8H11N5OS. The molecule has 7 heteroatoms. The van der Waals surface area contributed by atoms with Gasteiger partial charge < -0.3 is 10.2 Å². The lowest BCUT2D eigenvalue weighted by Crippen LogP contribution is -1.93. The fraction of sp³-hybridized carbons (Fsp3) is 0.375. The van der Waals surface area contributed by atoms with Gasteiger partial charge in [-0.1, -0.05) is 11.8 Å². The lowest BCUT2D eigenvalue weighted by atomic mass is 10.4.